The second-order valence-electron chi connectivity index (χ2n) is 4.69. The first-order valence-corrected chi connectivity index (χ1v) is 6.76. The standard InChI is InChI=1S/C16H18N2O3/c1-4-21-16(20)15-14(17-12(3)19)9-10-18(15)13-7-5-11(2)6-8-13/h5-10H,4H2,1-3H3,(H,17,19). The molecule has 1 N–H and O–H groups in total. The zero-order valence-corrected chi connectivity index (χ0v) is 12.3. The molecule has 1 amide bonds. The molecule has 1 aromatic carbocycles. The van der Waals surface area contributed by atoms with Gasteiger partial charge in [0.1, 0.15) is 0 Å². The molecular formula is C16H18N2O3. The number of ether oxygens (including phenoxy) is 1. The Bertz CT molecular complexity index is 657. The summed E-state index contributed by atoms with van der Waals surface area (Å²) in [4.78, 5) is 23.4. The SMILES string of the molecule is CCOC(=O)c1c(NC(C)=O)ccn1-c1ccc(C)cc1. The Morgan fingerprint density at radius 1 is 1.19 bits per heavy atom. The van der Waals surface area contributed by atoms with Crippen molar-refractivity contribution in [2.45, 2.75) is 20.8 Å². The Morgan fingerprint density at radius 2 is 1.86 bits per heavy atom. The monoisotopic (exact) mass is 286 g/mol. The van der Waals surface area contributed by atoms with E-state index in [1.807, 2.05) is 31.2 Å². The van der Waals surface area contributed by atoms with Crippen molar-refractivity contribution >= 4 is 17.6 Å². The maximum absolute atomic E-state index is 12.2. The topological polar surface area (TPSA) is 60.3 Å². The summed E-state index contributed by atoms with van der Waals surface area (Å²) in [6, 6.07) is 9.43. The van der Waals surface area contributed by atoms with E-state index in [0.29, 0.717) is 11.4 Å². The molecule has 0 aliphatic carbocycles. The zero-order chi connectivity index (χ0) is 15.4. The van der Waals surface area contributed by atoms with E-state index in [1.165, 1.54) is 6.92 Å². The summed E-state index contributed by atoms with van der Waals surface area (Å²) in [5.41, 5.74) is 2.73. The summed E-state index contributed by atoms with van der Waals surface area (Å²) in [6.07, 6.45) is 1.74. The van der Waals surface area contributed by atoms with E-state index in [4.69, 9.17) is 4.74 Å². The van der Waals surface area contributed by atoms with Crippen molar-refractivity contribution in [3.8, 4) is 5.69 Å². The average molecular weight is 286 g/mol. The highest BCUT2D eigenvalue weighted by Gasteiger charge is 2.20. The van der Waals surface area contributed by atoms with Gasteiger partial charge in [0.05, 0.1) is 12.3 Å². The Labute approximate surface area is 123 Å². The van der Waals surface area contributed by atoms with Crippen LogP contribution in [0, 0.1) is 6.92 Å². The molecule has 1 heterocycles. The lowest BCUT2D eigenvalue weighted by molar-refractivity contribution is -0.114. The molecule has 0 unspecified atom stereocenters. The summed E-state index contributed by atoms with van der Waals surface area (Å²) in [6.45, 7) is 5.42. The minimum Gasteiger partial charge on any atom is -0.461 e. The smallest absolute Gasteiger partial charge is 0.357 e. The van der Waals surface area contributed by atoms with Crippen LogP contribution >= 0.6 is 0 Å². The van der Waals surface area contributed by atoms with E-state index in [1.54, 1.807) is 23.8 Å². The molecule has 0 aliphatic rings. The van der Waals surface area contributed by atoms with Gasteiger partial charge in [-0.05, 0) is 32.0 Å². The van der Waals surface area contributed by atoms with Crippen LogP contribution in [0.5, 0.6) is 0 Å². The van der Waals surface area contributed by atoms with Crippen LogP contribution < -0.4 is 5.32 Å². The Kier molecular flexibility index (Phi) is 4.42. The summed E-state index contributed by atoms with van der Waals surface area (Å²) in [7, 11) is 0. The second-order valence-corrected chi connectivity index (χ2v) is 4.69. The van der Waals surface area contributed by atoms with Crippen molar-refractivity contribution in [1.82, 2.24) is 4.57 Å². The number of carbonyl (C=O) groups excluding carboxylic acids is 2. The van der Waals surface area contributed by atoms with Crippen molar-refractivity contribution in [3.05, 3.63) is 47.8 Å². The van der Waals surface area contributed by atoms with E-state index < -0.39 is 5.97 Å². The minimum atomic E-state index is -0.466. The molecule has 1 aromatic heterocycles. The number of hydrogen-bond donors (Lipinski definition) is 1. The molecule has 0 saturated heterocycles. The highest BCUT2D eigenvalue weighted by Crippen LogP contribution is 2.23. The van der Waals surface area contributed by atoms with Gasteiger partial charge in [-0.25, -0.2) is 4.79 Å². The second kappa shape index (κ2) is 6.26. The fourth-order valence-electron chi connectivity index (χ4n) is 2.05. The van der Waals surface area contributed by atoms with Crippen molar-refractivity contribution in [2.24, 2.45) is 0 Å². The van der Waals surface area contributed by atoms with Gasteiger partial charge in [-0.1, -0.05) is 17.7 Å². The molecule has 0 aliphatic heterocycles. The van der Waals surface area contributed by atoms with Crippen LogP contribution in [0.2, 0.25) is 0 Å². The maximum Gasteiger partial charge on any atom is 0.357 e. The minimum absolute atomic E-state index is 0.234. The third kappa shape index (κ3) is 3.31. The maximum atomic E-state index is 12.2. The highest BCUT2D eigenvalue weighted by atomic mass is 16.5. The number of esters is 1. The number of hydrogen-bond acceptors (Lipinski definition) is 3. The first-order chi connectivity index (χ1) is 10.0. The van der Waals surface area contributed by atoms with Crippen molar-refractivity contribution in [2.75, 3.05) is 11.9 Å². The molecule has 0 bridgehead atoms. The molecule has 0 fully saturated rings. The summed E-state index contributed by atoms with van der Waals surface area (Å²) >= 11 is 0. The average Bonchev–Trinajstić information content (AvgIpc) is 2.82. The number of aromatic nitrogens is 1. The third-order valence-electron chi connectivity index (χ3n) is 2.98. The molecule has 0 radical (unpaired) electrons. The van der Waals surface area contributed by atoms with E-state index >= 15 is 0 Å². The lowest BCUT2D eigenvalue weighted by Crippen LogP contribution is -2.15. The van der Waals surface area contributed by atoms with Crippen LogP contribution in [0.4, 0.5) is 5.69 Å². The molecule has 21 heavy (non-hydrogen) atoms. The number of benzene rings is 1. The van der Waals surface area contributed by atoms with Gasteiger partial charge in [0.15, 0.2) is 5.69 Å². The molecule has 110 valence electrons. The van der Waals surface area contributed by atoms with Crippen molar-refractivity contribution < 1.29 is 14.3 Å². The number of nitrogens with zero attached hydrogens (tertiary/aromatic N) is 1. The first-order valence-electron chi connectivity index (χ1n) is 6.76. The molecule has 2 aromatic rings. The Hall–Kier alpha value is -2.56. The van der Waals surface area contributed by atoms with Crippen LogP contribution in [0.15, 0.2) is 36.5 Å². The lowest BCUT2D eigenvalue weighted by Gasteiger charge is -2.11. The van der Waals surface area contributed by atoms with E-state index in [0.717, 1.165) is 11.3 Å². The molecule has 0 saturated carbocycles. The number of aryl methyl sites for hydroxylation is 1. The predicted octanol–water partition coefficient (Wildman–Crippen LogP) is 2.92. The molecular weight excluding hydrogens is 268 g/mol. The Morgan fingerprint density at radius 3 is 2.43 bits per heavy atom. The fourth-order valence-corrected chi connectivity index (χ4v) is 2.05. The number of amides is 1. The third-order valence-corrected chi connectivity index (χ3v) is 2.98. The zero-order valence-electron chi connectivity index (χ0n) is 12.3. The summed E-state index contributed by atoms with van der Waals surface area (Å²) in [5.74, 6) is -0.700. The summed E-state index contributed by atoms with van der Waals surface area (Å²) < 4.78 is 6.79. The number of nitrogens with one attached hydrogen (secondary N) is 1. The highest BCUT2D eigenvalue weighted by molar-refractivity contribution is 6.00. The lowest BCUT2D eigenvalue weighted by atomic mass is 10.2. The number of rotatable bonds is 4. The number of anilines is 1. The van der Waals surface area contributed by atoms with Gasteiger partial charge in [-0.3, -0.25) is 4.79 Å². The van der Waals surface area contributed by atoms with Gasteiger partial charge in [0.2, 0.25) is 5.91 Å². The molecule has 2 rings (SSSR count). The van der Waals surface area contributed by atoms with Gasteiger partial charge < -0.3 is 14.6 Å². The molecule has 0 atom stereocenters. The van der Waals surface area contributed by atoms with Gasteiger partial charge in [0, 0.05) is 18.8 Å². The van der Waals surface area contributed by atoms with Gasteiger partial charge in [-0.2, -0.15) is 0 Å². The number of carbonyl (C=O) groups is 2. The van der Waals surface area contributed by atoms with Gasteiger partial charge in [0.25, 0.3) is 0 Å². The first kappa shape index (κ1) is 14.8. The van der Waals surface area contributed by atoms with E-state index in [9.17, 15) is 9.59 Å². The van der Waals surface area contributed by atoms with Crippen LogP contribution in [-0.4, -0.2) is 23.1 Å². The van der Waals surface area contributed by atoms with Crippen LogP contribution in [0.3, 0.4) is 0 Å². The van der Waals surface area contributed by atoms with Crippen LogP contribution in [0.1, 0.15) is 29.9 Å². The van der Waals surface area contributed by atoms with Crippen LogP contribution in [-0.2, 0) is 9.53 Å². The van der Waals surface area contributed by atoms with E-state index in [2.05, 4.69) is 5.32 Å². The molecule has 5 nitrogen and oxygen atoms in total. The normalized spacial score (nSPS) is 10.2. The van der Waals surface area contributed by atoms with Gasteiger partial charge >= 0.3 is 5.97 Å². The quantitative estimate of drug-likeness (QED) is 0.879. The van der Waals surface area contributed by atoms with E-state index in [-0.39, 0.29) is 12.5 Å². The Balaban J connectivity index is 2.49. The van der Waals surface area contributed by atoms with Crippen LogP contribution in [0.25, 0.3) is 5.69 Å². The van der Waals surface area contributed by atoms with Crippen molar-refractivity contribution in [3.63, 3.8) is 0 Å². The van der Waals surface area contributed by atoms with Gasteiger partial charge in [-0.15, -0.1) is 0 Å². The summed E-state index contributed by atoms with van der Waals surface area (Å²) in [5, 5.41) is 2.65. The largest absolute Gasteiger partial charge is 0.461 e. The molecule has 5 heteroatoms. The molecule has 0 spiro atoms. The predicted molar refractivity (Wildman–Crippen MR) is 80.8 cm³/mol. The fraction of sp³-hybridized carbons (Fsp3) is 0.250. The van der Waals surface area contributed by atoms with Crippen molar-refractivity contribution in [1.29, 1.82) is 0 Å².